The number of hydrazone groups is 1. The van der Waals surface area contributed by atoms with Crippen LogP contribution < -0.4 is 20.6 Å². The van der Waals surface area contributed by atoms with Crippen molar-refractivity contribution < 1.29 is 24.2 Å². The topological polar surface area (TPSA) is 120 Å². The zero-order valence-corrected chi connectivity index (χ0v) is 12.5. The van der Waals surface area contributed by atoms with Gasteiger partial charge in [-0.3, -0.25) is 9.59 Å². The Kier molecular flexibility index (Phi) is 5.29. The van der Waals surface area contributed by atoms with Gasteiger partial charge in [0.05, 0.1) is 18.8 Å². The Hall–Kier alpha value is -2.90. The lowest BCUT2D eigenvalue weighted by atomic mass is 10.1. The molecule has 0 bridgehead atoms. The Bertz CT molecular complexity index is 653. The first kappa shape index (κ1) is 16.5. The lowest BCUT2D eigenvalue weighted by Gasteiger charge is -2.11. The van der Waals surface area contributed by atoms with Crippen LogP contribution in [0.15, 0.2) is 23.3 Å². The fourth-order valence-electron chi connectivity index (χ4n) is 1.76. The molecule has 8 heteroatoms. The number of nitrogens with zero attached hydrogens (tertiary/aromatic N) is 1. The molecule has 2 amide bonds. The maximum Gasteiger partial charge on any atom is 0.329 e. The number of carbonyl (C=O) groups excluding carboxylic acids is 3. The largest absolute Gasteiger partial charge is 0.545 e. The van der Waals surface area contributed by atoms with Gasteiger partial charge in [-0.1, -0.05) is 0 Å². The van der Waals surface area contributed by atoms with Crippen LogP contribution in [0.2, 0.25) is 0 Å². The molecule has 0 atom stereocenters. The van der Waals surface area contributed by atoms with Crippen LogP contribution in [0.4, 0.5) is 0 Å². The SMILES string of the molecule is CCOc1ccc(/C=N\NC(=O)C(=O)NC2CC2)cc1C(=O)[O-]. The van der Waals surface area contributed by atoms with Crippen molar-refractivity contribution in [2.24, 2.45) is 5.10 Å². The van der Waals surface area contributed by atoms with Crippen LogP contribution in [-0.2, 0) is 9.59 Å². The third-order valence-corrected chi connectivity index (χ3v) is 3.02. The molecule has 0 radical (unpaired) electrons. The van der Waals surface area contributed by atoms with E-state index in [1.54, 1.807) is 13.0 Å². The highest BCUT2D eigenvalue weighted by Crippen LogP contribution is 2.19. The number of rotatable bonds is 6. The molecule has 0 saturated heterocycles. The normalized spacial score (nSPS) is 13.6. The molecule has 1 saturated carbocycles. The summed E-state index contributed by atoms with van der Waals surface area (Å²) >= 11 is 0. The van der Waals surface area contributed by atoms with Crippen molar-refractivity contribution in [3.8, 4) is 5.75 Å². The highest BCUT2D eigenvalue weighted by Gasteiger charge is 2.26. The van der Waals surface area contributed by atoms with Gasteiger partial charge in [-0.15, -0.1) is 0 Å². The summed E-state index contributed by atoms with van der Waals surface area (Å²) in [6.07, 6.45) is 2.98. The molecule has 1 aliphatic carbocycles. The Balaban J connectivity index is 1.98. The minimum Gasteiger partial charge on any atom is -0.545 e. The van der Waals surface area contributed by atoms with Crippen LogP contribution in [0.25, 0.3) is 0 Å². The van der Waals surface area contributed by atoms with Gasteiger partial charge in [0.25, 0.3) is 0 Å². The van der Waals surface area contributed by atoms with Crippen molar-refractivity contribution in [2.75, 3.05) is 6.61 Å². The summed E-state index contributed by atoms with van der Waals surface area (Å²) in [6.45, 7) is 2.05. The Morgan fingerprint density at radius 2 is 2.09 bits per heavy atom. The zero-order chi connectivity index (χ0) is 16.8. The molecular weight excluding hydrogens is 302 g/mol. The number of carboxylic acids is 1. The highest BCUT2D eigenvalue weighted by atomic mass is 16.5. The Morgan fingerprint density at radius 1 is 1.35 bits per heavy atom. The van der Waals surface area contributed by atoms with Crippen LogP contribution in [0.5, 0.6) is 5.75 Å². The minimum absolute atomic E-state index is 0.0777. The second-order valence-electron chi connectivity index (χ2n) is 4.92. The van der Waals surface area contributed by atoms with E-state index in [-0.39, 0.29) is 17.4 Å². The second kappa shape index (κ2) is 7.39. The van der Waals surface area contributed by atoms with Crippen molar-refractivity contribution in [1.82, 2.24) is 10.7 Å². The Morgan fingerprint density at radius 3 is 2.70 bits per heavy atom. The van der Waals surface area contributed by atoms with E-state index in [9.17, 15) is 19.5 Å². The van der Waals surface area contributed by atoms with Crippen molar-refractivity contribution >= 4 is 24.0 Å². The molecule has 1 aromatic rings. The molecule has 122 valence electrons. The molecular formula is C15H16N3O5-. The molecule has 2 rings (SSSR count). The van der Waals surface area contributed by atoms with E-state index in [1.807, 2.05) is 0 Å². The van der Waals surface area contributed by atoms with Gasteiger partial charge in [-0.25, -0.2) is 5.43 Å². The van der Waals surface area contributed by atoms with Gasteiger partial charge in [0, 0.05) is 11.6 Å². The predicted molar refractivity (Wildman–Crippen MR) is 78.8 cm³/mol. The third kappa shape index (κ3) is 4.80. The number of amides is 2. The van der Waals surface area contributed by atoms with Crippen molar-refractivity contribution in [3.05, 3.63) is 29.3 Å². The number of hydrogen-bond acceptors (Lipinski definition) is 6. The van der Waals surface area contributed by atoms with Crippen LogP contribution in [0.3, 0.4) is 0 Å². The van der Waals surface area contributed by atoms with E-state index < -0.39 is 17.8 Å². The highest BCUT2D eigenvalue weighted by molar-refractivity contribution is 6.35. The standard InChI is InChI=1S/C15H17N3O5/c1-2-23-12-6-3-9(7-11(12)15(21)22)8-16-18-14(20)13(19)17-10-4-5-10/h3,6-8,10H,2,4-5H2,1H3,(H,17,19)(H,18,20)(H,21,22)/p-1/b16-8-. The summed E-state index contributed by atoms with van der Waals surface area (Å²) in [5, 5.41) is 17.2. The van der Waals surface area contributed by atoms with Crippen LogP contribution >= 0.6 is 0 Å². The minimum atomic E-state index is -1.38. The average molecular weight is 318 g/mol. The van der Waals surface area contributed by atoms with Gasteiger partial charge in [0.15, 0.2) is 0 Å². The maximum absolute atomic E-state index is 11.4. The first-order valence-electron chi connectivity index (χ1n) is 7.13. The molecule has 0 spiro atoms. The monoisotopic (exact) mass is 318 g/mol. The molecule has 0 unspecified atom stereocenters. The second-order valence-corrected chi connectivity index (χ2v) is 4.92. The average Bonchev–Trinajstić information content (AvgIpc) is 3.32. The summed E-state index contributed by atoms with van der Waals surface area (Å²) in [5.74, 6) is -2.81. The first-order chi connectivity index (χ1) is 11.0. The number of carbonyl (C=O) groups is 3. The number of ether oxygens (including phenoxy) is 1. The molecule has 0 heterocycles. The number of aromatic carboxylic acids is 1. The lowest BCUT2D eigenvalue weighted by molar-refractivity contribution is -0.255. The summed E-state index contributed by atoms with van der Waals surface area (Å²) in [4.78, 5) is 33.9. The van der Waals surface area contributed by atoms with Crippen LogP contribution in [0.1, 0.15) is 35.7 Å². The van der Waals surface area contributed by atoms with Gasteiger partial charge in [0.1, 0.15) is 5.75 Å². The van der Waals surface area contributed by atoms with E-state index in [2.05, 4.69) is 15.8 Å². The summed E-state index contributed by atoms with van der Waals surface area (Å²) in [6, 6.07) is 4.42. The molecule has 1 fully saturated rings. The number of benzene rings is 1. The molecule has 1 aliphatic rings. The fourth-order valence-corrected chi connectivity index (χ4v) is 1.76. The molecule has 0 aliphatic heterocycles. The fraction of sp³-hybridized carbons (Fsp3) is 0.333. The van der Waals surface area contributed by atoms with Gasteiger partial charge in [-0.05, 0) is 43.5 Å². The van der Waals surface area contributed by atoms with Crippen molar-refractivity contribution in [2.45, 2.75) is 25.8 Å². The number of carboxylic acid groups (broad SMARTS) is 1. The van der Waals surface area contributed by atoms with E-state index in [1.165, 1.54) is 18.3 Å². The lowest BCUT2D eigenvalue weighted by Crippen LogP contribution is -2.38. The van der Waals surface area contributed by atoms with E-state index in [4.69, 9.17) is 4.74 Å². The molecule has 8 nitrogen and oxygen atoms in total. The van der Waals surface area contributed by atoms with E-state index >= 15 is 0 Å². The Labute approximate surface area is 132 Å². The third-order valence-electron chi connectivity index (χ3n) is 3.02. The quantitative estimate of drug-likeness (QED) is 0.403. The smallest absolute Gasteiger partial charge is 0.329 e. The summed E-state index contributed by atoms with van der Waals surface area (Å²) in [5.41, 5.74) is 2.37. The zero-order valence-electron chi connectivity index (χ0n) is 12.5. The van der Waals surface area contributed by atoms with Gasteiger partial charge in [0.2, 0.25) is 0 Å². The first-order valence-corrected chi connectivity index (χ1v) is 7.13. The maximum atomic E-state index is 11.4. The van der Waals surface area contributed by atoms with Gasteiger partial charge in [-0.2, -0.15) is 5.10 Å². The van der Waals surface area contributed by atoms with E-state index in [0.717, 1.165) is 12.8 Å². The van der Waals surface area contributed by atoms with Crippen molar-refractivity contribution in [1.29, 1.82) is 0 Å². The molecule has 2 N–H and O–H groups in total. The molecule has 1 aromatic carbocycles. The van der Waals surface area contributed by atoms with Crippen LogP contribution in [0, 0.1) is 0 Å². The van der Waals surface area contributed by atoms with Gasteiger partial charge < -0.3 is 20.0 Å². The van der Waals surface area contributed by atoms with Crippen LogP contribution in [-0.4, -0.2) is 36.6 Å². The number of hydrogen-bond donors (Lipinski definition) is 2. The van der Waals surface area contributed by atoms with E-state index in [0.29, 0.717) is 12.2 Å². The predicted octanol–water partition coefficient (Wildman–Crippen LogP) is -0.822. The molecule has 0 aromatic heterocycles. The van der Waals surface area contributed by atoms with Crippen molar-refractivity contribution in [3.63, 3.8) is 0 Å². The van der Waals surface area contributed by atoms with Gasteiger partial charge >= 0.3 is 11.8 Å². The molecule has 23 heavy (non-hydrogen) atoms. The number of nitrogens with one attached hydrogen (secondary N) is 2. The summed E-state index contributed by atoms with van der Waals surface area (Å²) in [7, 11) is 0. The summed E-state index contributed by atoms with van der Waals surface area (Å²) < 4.78 is 5.18.